The van der Waals surface area contributed by atoms with Gasteiger partial charge in [0.2, 0.25) is 0 Å². The first-order valence-corrected chi connectivity index (χ1v) is 9.72. The minimum Gasteiger partial charge on any atom is -0.372 e. The minimum atomic E-state index is -0.793. The molecule has 0 radical (unpaired) electrons. The van der Waals surface area contributed by atoms with Gasteiger partial charge in [0, 0.05) is 31.0 Å². The van der Waals surface area contributed by atoms with E-state index in [0.717, 1.165) is 25.9 Å². The number of rotatable bonds is 6. The van der Waals surface area contributed by atoms with E-state index in [2.05, 4.69) is 39.8 Å². The quantitative estimate of drug-likeness (QED) is 0.594. The summed E-state index contributed by atoms with van der Waals surface area (Å²) in [4.78, 5) is 26.2. The number of benzene rings is 2. The van der Waals surface area contributed by atoms with Crippen LogP contribution < -0.4 is 15.5 Å². The van der Waals surface area contributed by atoms with Crippen molar-refractivity contribution in [1.29, 1.82) is 0 Å². The third kappa shape index (κ3) is 5.31. The van der Waals surface area contributed by atoms with Crippen LogP contribution >= 0.6 is 0 Å². The maximum Gasteiger partial charge on any atom is 0.313 e. The van der Waals surface area contributed by atoms with Gasteiger partial charge in [-0.3, -0.25) is 9.59 Å². The van der Waals surface area contributed by atoms with E-state index >= 15 is 0 Å². The number of aryl methyl sites for hydroxylation is 2. The molecule has 0 atom stereocenters. The fourth-order valence-corrected chi connectivity index (χ4v) is 3.28. The summed E-state index contributed by atoms with van der Waals surface area (Å²) in [7, 11) is 0. The molecule has 0 bridgehead atoms. The zero-order chi connectivity index (χ0) is 19.9. The van der Waals surface area contributed by atoms with Gasteiger partial charge in [-0.05, 0) is 68.0 Å². The highest BCUT2D eigenvalue weighted by atomic mass is 19.1. The maximum absolute atomic E-state index is 13.5. The average molecular weight is 383 g/mol. The van der Waals surface area contributed by atoms with Crippen LogP contribution in [0.3, 0.4) is 0 Å². The molecule has 1 aliphatic heterocycles. The summed E-state index contributed by atoms with van der Waals surface area (Å²) in [5, 5.41) is 5.01. The molecule has 5 nitrogen and oxygen atoms in total. The third-order valence-corrected chi connectivity index (χ3v) is 4.97. The number of carbonyl (C=O) groups is 2. The smallest absolute Gasteiger partial charge is 0.313 e. The molecule has 0 saturated carbocycles. The Morgan fingerprint density at radius 1 is 1.04 bits per heavy atom. The average Bonchev–Trinajstić information content (AvgIpc) is 3.23. The number of carbonyl (C=O) groups excluding carboxylic acids is 2. The Morgan fingerprint density at radius 3 is 2.43 bits per heavy atom. The predicted molar refractivity (Wildman–Crippen MR) is 109 cm³/mol. The van der Waals surface area contributed by atoms with Crippen molar-refractivity contribution in [1.82, 2.24) is 5.32 Å². The Bertz CT molecular complexity index is 830. The van der Waals surface area contributed by atoms with Crippen LogP contribution in [0, 0.1) is 12.7 Å². The standard InChI is InChI=1S/C22H26FN3O2/c1-16-6-9-18(15-20(16)23)25-22(28)21(27)24-12-4-5-17-7-10-19(11-8-17)26-13-2-3-14-26/h6-11,15H,2-5,12-14H2,1H3,(H,24,27)(H,25,28). The molecule has 1 fully saturated rings. The molecule has 1 aliphatic rings. The van der Waals surface area contributed by atoms with Crippen molar-refractivity contribution < 1.29 is 14.0 Å². The van der Waals surface area contributed by atoms with E-state index in [1.165, 1.54) is 30.2 Å². The van der Waals surface area contributed by atoms with Gasteiger partial charge in [0.15, 0.2) is 0 Å². The topological polar surface area (TPSA) is 61.4 Å². The van der Waals surface area contributed by atoms with Gasteiger partial charge in [0.1, 0.15) is 5.82 Å². The van der Waals surface area contributed by atoms with Crippen molar-refractivity contribution in [2.45, 2.75) is 32.6 Å². The lowest BCUT2D eigenvalue weighted by Crippen LogP contribution is -2.36. The Labute approximate surface area is 164 Å². The van der Waals surface area contributed by atoms with E-state index in [1.54, 1.807) is 19.1 Å². The monoisotopic (exact) mass is 383 g/mol. The van der Waals surface area contributed by atoms with Gasteiger partial charge in [0.05, 0.1) is 0 Å². The highest BCUT2D eigenvalue weighted by Gasteiger charge is 2.14. The lowest BCUT2D eigenvalue weighted by molar-refractivity contribution is -0.136. The van der Waals surface area contributed by atoms with Crippen LogP contribution in [0.1, 0.15) is 30.4 Å². The molecule has 0 spiro atoms. The van der Waals surface area contributed by atoms with Gasteiger partial charge < -0.3 is 15.5 Å². The first-order chi connectivity index (χ1) is 13.5. The maximum atomic E-state index is 13.5. The van der Waals surface area contributed by atoms with Crippen LogP contribution in [-0.4, -0.2) is 31.4 Å². The summed E-state index contributed by atoms with van der Waals surface area (Å²) in [5.74, 6) is -1.93. The Hall–Kier alpha value is -2.89. The van der Waals surface area contributed by atoms with Crippen LogP contribution in [-0.2, 0) is 16.0 Å². The molecule has 3 rings (SSSR count). The largest absolute Gasteiger partial charge is 0.372 e. The summed E-state index contributed by atoms with van der Waals surface area (Å²) in [6.07, 6.45) is 4.08. The van der Waals surface area contributed by atoms with Crippen LogP contribution in [0.25, 0.3) is 0 Å². The minimum absolute atomic E-state index is 0.265. The molecular weight excluding hydrogens is 357 g/mol. The second-order valence-electron chi connectivity index (χ2n) is 7.14. The van der Waals surface area contributed by atoms with Crippen molar-refractivity contribution in [3.63, 3.8) is 0 Å². The molecule has 28 heavy (non-hydrogen) atoms. The van der Waals surface area contributed by atoms with E-state index in [1.807, 2.05) is 0 Å². The number of hydrogen-bond acceptors (Lipinski definition) is 3. The van der Waals surface area contributed by atoms with E-state index in [4.69, 9.17) is 0 Å². The lowest BCUT2D eigenvalue weighted by Gasteiger charge is -2.17. The van der Waals surface area contributed by atoms with Crippen LogP contribution in [0.2, 0.25) is 0 Å². The molecule has 0 aromatic heterocycles. The van der Waals surface area contributed by atoms with E-state index in [-0.39, 0.29) is 5.69 Å². The number of nitrogens with zero attached hydrogens (tertiary/aromatic N) is 1. The highest BCUT2D eigenvalue weighted by molar-refractivity contribution is 6.39. The normalized spacial score (nSPS) is 13.4. The van der Waals surface area contributed by atoms with Crippen molar-refractivity contribution in [3.05, 3.63) is 59.4 Å². The molecule has 1 heterocycles. The molecule has 1 saturated heterocycles. The molecule has 2 N–H and O–H groups in total. The van der Waals surface area contributed by atoms with Gasteiger partial charge in [-0.25, -0.2) is 4.39 Å². The fourth-order valence-electron chi connectivity index (χ4n) is 3.28. The zero-order valence-electron chi connectivity index (χ0n) is 16.1. The van der Waals surface area contributed by atoms with Gasteiger partial charge in [0.25, 0.3) is 0 Å². The lowest BCUT2D eigenvalue weighted by atomic mass is 10.1. The van der Waals surface area contributed by atoms with E-state index < -0.39 is 17.6 Å². The van der Waals surface area contributed by atoms with Crippen LogP contribution in [0.4, 0.5) is 15.8 Å². The zero-order valence-corrected chi connectivity index (χ0v) is 16.1. The molecule has 6 heteroatoms. The van der Waals surface area contributed by atoms with Gasteiger partial charge >= 0.3 is 11.8 Å². The van der Waals surface area contributed by atoms with Crippen LogP contribution in [0.5, 0.6) is 0 Å². The molecule has 2 aromatic carbocycles. The third-order valence-electron chi connectivity index (χ3n) is 4.97. The molecule has 0 aliphatic carbocycles. The van der Waals surface area contributed by atoms with Gasteiger partial charge in [-0.1, -0.05) is 18.2 Å². The number of nitrogens with one attached hydrogen (secondary N) is 2. The van der Waals surface area contributed by atoms with Crippen molar-refractivity contribution in [3.8, 4) is 0 Å². The Balaban J connectivity index is 1.38. The first kappa shape index (κ1) is 19.9. The molecule has 2 aromatic rings. The molecular formula is C22H26FN3O2. The summed E-state index contributed by atoms with van der Waals surface area (Å²) in [6, 6.07) is 12.8. The summed E-state index contributed by atoms with van der Waals surface area (Å²) in [5.41, 5.74) is 3.22. The van der Waals surface area contributed by atoms with Gasteiger partial charge in [-0.15, -0.1) is 0 Å². The SMILES string of the molecule is Cc1ccc(NC(=O)C(=O)NCCCc2ccc(N3CCCC3)cc2)cc1F. The van der Waals surface area contributed by atoms with Crippen LogP contribution in [0.15, 0.2) is 42.5 Å². The number of halogens is 1. The van der Waals surface area contributed by atoms with E-state index in [9.17, 15) is 14.0 Å². The van der Waals surface area contributed by atoms with E-state index in [0.29, 0.717) is 12.1 Å². The number of hydrogen-bond donors (Lipinski definition) is 2. The summed E-state index contributed by atoms with van der Waals surface area (Å²) in [6.45, 7) is 4.29. The van der Waals surface area contributed by atoms with Crippen molar-refractivity contribution in [2.24, 2.45) is 0 Å². The van der Waals surface area contributed by atoms with Crippen molar-refractivity contribution in [2.75, 3.05) is 29.9 Å². The molecule has 148 valence electrons. The van der Waals surface area contributed by atoms with Gasteiger partial charge in [-0.2, -0.15) is 0 Å². The molecule has 2 amide bonds. The van der Waals surface area contributed by atoms with Crippen molar-refractivity contribution >= 4 is 23.2 Å². The Morgan fingerprint density at radius 2 is 1.75 bits per heavy atom. The number of anilines is 2. The summed E-state index contributed by atoms with van der Waals surface area (Å²) < 4.78 is 13.5. The fraction of sp³-hybridized carbons (Fsp3) is 0.364. The Kier molecular flexibility index (Phi) is 6.63. The highest BCUT2D eigenvalue weighted by Crippen LogP contribution is 2.20. The number of amides is 2. The second-order valence-corrected chi connectivity index (χ2v) is 7.14. The molecule has 0 unspecified atom stereocenters. The first-order valence-electron chi connectivity index (χ1n) is 9.72. The predicted octanol–water partition coefficient (Wildman–Crippen LogP) is 3.42. The summed E-state index contributed by atoms with van der Waals surface area (Å²) >= 11 is 0. The second kappa shape index (κ2) is 9.35.